The van der Waals surface area contributed by atoms with Gasteiger partial charge in [-0.15, -0.1) is 0 Å². The summed E-state index contributed by atoms with van der Waals surface area (Å²) >= 11 is 0. The van der Waals surface area contributed by atoms with Gasteiger partial charge in [0, 0.05) is 5.56 Å². The zero-order valence-electron chi connectivity index (χ0n) is 11.3. The lowest BCUT2D eigenvalue weighted by molar-refractivity contribution is -0.137. The topological polar surface area (TPSA) is 26.3 Å². The maximum atomic E-state index is 12.6. The molecule has 0 unspecified atom stereocenters. The molecule has 0 atom stereocenters. The van der Waals surface area contributed by atoms with E-state index in [-0.39, 0.29) is 18.1 Å². The predicted molar refractivity (Wildman–Crippen MR) is 72.2 cm³/mol. The second-order valence-electron chi connectivity index (χ2n) is 4.57. The van der Waals surface area contributed by atoms with E-state index in [4.69, 9.17) is 4.74 Å². The van der Waals surface area contributed by atoms with E-state index in [1.165, 1.54) is 19.1 Å². The van der Waals surface area contributed by atoms with E-state index in [0.29, 0.717) is 5.56 Å². The number of rotatable bonds is 4. The molecular weight excluding hydrogens is 281 g/mol. The largest absolute Gasteiger partial charge is 0.489 e. The number of Topliss-reactive ketones (excluding diaryl/α,β-unsaturated/α-hetero) is 1. The van der Waals surface area contributed by atoms with Crippen LogP contribution in [0.1, 0.15) is 28.4 Å². The zero-order valence-corrected chi connectivity index (χ0v) is 11.3. The minimum Gasteiger partial charge on any atom is -0.489 e. The lowest BCUT2D eigenvalue weighted by Gasteiger charge is -2.10. The summed E-state index contributed by atoms with van der Waals surface area (Å²) in [6.07, 6.45) is -4.39. The summed E-state index contributed by atoms with van der Waals surface area (Å²) in [6.45, 7) is 1.55. The fraction of sp³-hybridized carbons (Fsp3) is 0.188. The molecule has 0 aliphatic heterocycles. The third kappa shape index (κ3) is 4.08. The van der Waals surface area contributed by atoms with Crippen molar-refractivity contribution in [2.75, 3.05) is 0 Å². The number of carbonyl (C=O) groups is 1. The minimum atomic E-state index is -4.39. The van der Waals surface area contributed by atoms with Crippen molar-refractivity contribution in [2.24, 2.45) is 0 Å². The Labute approximate surface area is 120 Å². The molecule has 0 saturated heterocycles. The lowest BCUT2D eigenvalue weighted by atomic mass is 10.1. The quantitative estimate of drug-likeness (QED) is 0.777. The van der Waals surface area contributed by atoms with Crippen LogP contribution in [0.4, 0.5) is 13.2 Å². The van der Waals surface area contributed by atoms with Crippen LogP contribution < -0.4 is 4.74 Å². The van der Waals surface area contributed by atoms with Crippen LogP contribution in [0, 0.1) is 0 Å². The Bertz CT molecular complexity index is 648. The van der Waals surface area contributed by atoms with E-state index in [9.17, 15) is 18.0 Å². The summed E-state index contributed by atoms with van der Waals surface area (Å²) in [5.41, 5.74) is 0.512. The van der Waals surface area contributed by atoms with Gasteiger partial charge in [0.25, 0.3) is 0 Å². The lowest BCUT2D eigenvalue weighted by Crippen LogP contribution is -2.05. The fourth-order valence-corrected chi connectivity index (χ4v) is 1.81. The van der Waals surface area contributed by atoms with Gasteiger partial charge in [0.15, 0.2) is 5.78 Å². The Morgan fingerprint density at radius 3 is 2.48 bits per heavy atom. The van der Waals surface area contributed by atoms with Crippen LogP contribution in [0.25, 0.3) is 0 Å². The third-order valence-electron chi connectivity index (χ3n) is 2.90. The molecule has 0 N–H and O–H groups in total. The van der Waals surface area contributed by atoms with Gasteiger partial charge in [-0.2, -0.15) is 13.2 Å². The molecule has 2 rings (SSSR count). The zero-order chi connectivity index (χ0) is 15.5. The molecule has 0 aliphatic carbocycles. The number of halogens is 3. The average Bonchev–Trinajstić information content (AvgIpc) is 2.45. The molecule has 0 amide bonds. The highest BCUT2D eigenvalue weighted by atomic mass is 19.4. The Morgan fingerprint density at radius 2 is 1.81 bits per heavy atom. The van der Waals surface area contributed by atoms with Crippen molar-refractivity contribution in [3.8, 4) is 5.75 Å². The molecule has 110 valence electrons. The van der Waals surface area contributed by atoms with Crippen LogP contribution in [0.2, 0.25) is 0 Å². The molecule has 2 nitrogen and oxygen atoms in total. The van der Waals surface area contributed by atoms with E-state index in [0.717, 1.165) is 17.7 Å². The van der Waals surface area contributed by atoms with Gasteiger partial charge >= 0.3 is 6.18 Å². The third-order valence-corrected chi connectivity index (χ3v) is 2.90. The van der Waals surface area contributed by atoms with E-state index < -0.39 is 11.7 Å². The van der Waals surface area contributed by atoms with Crippen LogP contribution in [0.15, 0.2) is 48.5 Å². The van der Waals surface area contributed by atoms with Gasteiger partial charge in [0.2, 0.25) is 0 Å². The molecule has 0 saturated carbocycles. The van der Waals surface area contributed by atoms with Crippen LogP contribution in [0.5, 0.6) is 5.75 Å². The molecule has 21 heavy (non-hydrogen) atoms. The van der Waals surface area contributed by atoms with Crippen molar-refractivity contribution in [3.05, 3.63) is 65.2 Å². The summed E-state index contributed by atoms with van der Waals surface area (Å²) in [6, 6.07) is 11.5. The van der Waals surface area contributed by atoms with Gasteiger partial charge in [-0.1, -0.05) is 24.3 Å². The molecule has 0 bridgehead atoms. The molecule has 2 aromatic carbocycles. The highest BCUT2D eigenvalue weighted by Gasteiger charge is 2.30. The molecule has 5 heteroatoms. The molecule has 0 heterocycles. The highest BCUT2D eigenvalue weighted by molar-refractivity contribution is 5.94. The Hall–Kier alpha value is -2.30. The van der Waals surface area contributed by atoms with E-state index >= 15 is 0 Å². The smallest absolute Gasteiger partial charge is 0.416 e. The summed E-state index contributed by atoms with van der Waals surface area (Å²) in [4.78, 5) is 11.3. The van der Waals surface area contributed by atoms with Crippen molar-refractivity contribution in [3.63, 3.8) is 0 Å². The second kappa shape index (κ2) is 5.99. The van der Waals surface area contributed by atoms with Gasteiger partial charge < -0.3 is 4.74 Å². The summed E-state index contributed by atoms with van der Waals surface area (Å²) in [7, 11) is 0. The van der Waals surface area contributed by atoms with Crippen LogP contribution in [-0.4, -0.2) is 5.78 Å². The monoisotopic (exact) mass is 294 g/mol. The molecule has 0 aromatic heterocycles. The van der Waals surface area contributed by atoms with E-state index in [1.807, 2.05) is 0 Å². The van der Waals surface area contributed by atoms with Crippen LogP contribution in [0.3, 0.4) is 0 Å². The number of ketones is 1. The molecule has 0 spiro atoms. The summed E-state index contributed by atoms with van der Waals surface area (Å²) < 4.78 is 43.1. The first-order valence-corrected chi connectivity index (χ1v) is 6.26. The maximum absolute atomic E-state index is 12.6. The van der Waals surface area contributed by atoms with Gasteiger partial charge in [0.1, 0.15) is 12.4 Å². The average molecular weight is 294 g/mol. The van der Waals surface area contributed by atoms with Crippen molar-refractivity contribution >= 4 is 5.78 Å². The number of alkyl halides is 3. The Kier molecular flexibility index (Phi) is 4.31. The number of benzene rings is 2. The van der Waals surface area contributed by atoms with Gasteiger partial charge in [-0.25, -0.2) is 0 Å². The van der Waals surface area contributed by atoms with Crippen molar-refractivity contribution < 1.29 is 22.7 Å². The van der Waals surface area contributed by atoms with Crippen molar-refractivity contribution in [1.82, 2.24) is 0 Å². The molecule has 0 aliphatic rings. The Balaban J connectivity index is 2.10. The summed E-state index contributed by atoms with van der Waals surface area (Å²) in [5.74, 6) is 0.0639. The fourth-order valence-electron chi connectivity index (χ4n) is 1.81. The number of hydrogen-bond acceptors (Lipinski definition) is 2. The normalized spacial score (nSPS) is 11.2. The van der Waals surface area contributed by atoms with Crippen molar-refractivity contribution in [2.45, 2.75) is 19.7 Å². The predicted octanol–water partition coefficient (Wildman–Crippen LogP) is 4.49. The number of carbonyl (C=O) groups excluding carboxylic acids is 1. The van der Waals surface area contributed by atoms with Crippen LogP contribution in [-0.2, 0) is 12.8 Å². The van der Waals surface area contributed by atoms with Gasteiger partial charge in [-0.05, 0) is 36.8 Å². The standard InChI is InChI=1S/C16H13F3O2/c1-11(20)13-5-2-4-12(8-13)10-21-15-7-3-6-14(9-15)16(17,18)19/h2-9H,10H2,1H3. The van der Waals surface area contributed by atoms with Gasteiger partial charge in [-0.3, -0.25) is 4.79 Å². The molecule has 0 radical (unpaired) electrons. The molecular formula is C16H13F3O2. The maximum Gasteiger partial charge on any atom is 0.416 e. The Morgan fingerprint density at radius 1 is 1.10 bits per heavy atom. The number of hydrogen-bond donors (Lipinski definition) is 0. The molecule has 2 aromatic rings. The first-order valence-electron chi connectivity index (χ1n) is 6.26. The second-order valence-corrected chi connectivity index (χ2v) is 4.57. The first-order chi connectivity index (χ1) is 9.86. The first kappa shape index (κ1) is 15.1. The number of ether oxygens (including phenoxy) is 1. The SMILES string of the molecule is CC(=O)c1cccc(COc2cccc(C(F)(F)F)c2)c1. The van der Waals surface area contributed by atoms with Crippen molar-refractivity contribution in [1.29, 1.82) is 0 Å². The summed E-state index contributed by atoms with van der Waals surface area (Å²) in [5, 5.41) is 0. The van der Waals surface area contributed by atoms with Gasteiger partial charge in [0.05, 0.1) is 5.56 Å². The highest BCUT2D eigenvalue weighted by Crippen LogP contribution is 2.31. The van der Waals surface area contributed by atoms with E-state index in [1.54, 1.807) is 24.3 Å². The minimum absolute atomic E-state index is 0.0732. The van der Waals surface area contributed by atoms with E-state index in [2.05, 4.69) is 0 Å². The molecule has 0 fully saturated rings. The van der Waals surface area contributed by atoms with Crippen LogP contribution >= 0.6 is 0 Å².